The number of sulfonamides is 1. The summed E-state index contributed by atoms with van der Waals surface area (Å²) in [7, 11) is -2.21. The van der Waals surface area contributed by atoms with Gasteiger partial charge in [-0.05, 0) is 83.4 Å². The Hall–Kier alpha value is -2.84. The summed E-state index contributed by atoms with van der Waals surface area (Å²) in [5.41, 5.74) is 3.18. The van der Waals surface area contributed by atoms with Crippen molar-refractivity contribution in [2.24, 2.45) is 0 Å². The van der Waals surface area contributed by atoms with E-state index >= 15 is 0 Å². The van der Waals surface area contributed by atoms with E-state index < -0.39 is 10.0 Å². The number of carbonyl (C=O) groups is 1. The van der Waals surface area contributed by atoms with Crippen LogP contribution in [0.1, 0.15) is 21.5 Å². The molecule has 30 heavy (non-hydrogen) atoms. The molecule has 0 aliphatic carbocycles. The standard InChI is InChI=1S/C22H21BrN2O4S/c1-14-5-4-6-15(2)21(14)25-30(27,28)18-10-8-17(9-11-18)24-22(26)16-7-12-20(29-3)19(23)13-16/h4-13,25H,1-3H3,(H,24,26). The second kappa shape index (κ2) is 8.89. The van der Waals surface area contributed by atoms with Crippen molar-refractivity contribution in [3.8, 4) is 5.75 Å². The number of ether oxygens (including phenoxy) is 1. The molecule has 0 saturated carbocycles. The molecule has 0 radical (unpaired) electrons. The van der Waals surface area contributed by atoms with Gasteiger partial charge in [0.15, 0.2) is 0 Å². The topological polar surface area (TPSA) is 84.5 Å². The molecule has 0 aromatic heterocycles. The van der Waals surface area contributed by atoms with Gasteiger partial charge >= 0.3 is 0 Å². The molecule has 0 fully saturated rings. The molecule has 0 aliphatic rings. The number of benzene rings is 3. The van der Waals surface area contributed by atoms with E-state index in [0.717, 1.165) is 11.1 Å². The van der Waals surface area contributed by atoms with Crippen molar-refractivity contribution in [1.29, 1.82) is 0 Å². The summed E-state index contributed by atoms with van der Waals surface area (Å²) in [6.45, 7) is 3.70. The number of halogens is 1. The van der Waals surface area contributed by atoms with Crippen LogP contribution < -0.4 is 14.8 Å². The molecule has 0 unspecified atom stereocenters. The fourth-order valence-electron chi connectivity index (χ4n) is 2.90. The van der Waals surface area contributed by atoms with Gasteiger partial charge in [0.1, 0.15) is 5.75 Å². The van der Waals surface area contributed by atoms with Crippen LogP contribution in [0, 0.1) is 13.8 Å². The third kappa shape index (κ3) is 4.83. The van der Waals surface area contributed by atoms with E-state index in [2.05, 4.69) is 26.0 Å². The van der Waals surface area contributed by atoms with Gasteiger partial charge in [-0.2, -0.15) is 0 Å². The highest BCUT2D eigenvalue weighted by molar-refractivity contribution is 9.10. The summed E-state index contributed by atoms with van der Waals surface area (Å²) in [5.74, 6) is 0.306. The number of carbonyl (C=O) groups excluding carboxylic acids is 1. The number of anilines is 2. The summed E-state index contributed by atoms with van der Waals surface area (Å²) in [4.78, 5) is 12.6. The van der Waals surface area contributed by atoms with Gasteiger partial charge in [-0.3, -0.25) is 9.52 Å². The zero-order valence-electron chi connectivity index (χ0n) is 16.7. The van der Waals surface area contributed by atoms with Crippen LogP contribution in [0.4, 0.5) is 11.4 Å². The average molecular weight is 489 g/mol. The maximum atomic E-state index is 12.7. The largest absolute Gasteiger partial charge is 0.496 e. The summed E-state index contributed by atoms with van der Waals surface area (Å²) in [6.07, 6.45) is 0. The number of methoxy groups -OCH3 is 1. The number of amides is 1. The molecule has 0 aliphatic heterocycles. The molecule has 2 N–H and O–H groups in total. The van der Waals surface area contributed by atoms with Crippen molar-refractivity contribution in [3.05, 3.63) is 81.8 Å². The number of rotatable bonds is 6. The zero-order chi connectivity index (χ0) is 21.9. The van der Waals surface area contributed by atoms with Crippen LogP contribution in [0.2, 0.25) is 0 Å². The van der Waals surface area contributed by atoms with Gasteiger partial charge in [0.25, 0.3) is 15.9 Å². The molecule has 1 amide bonds. The third-order valence-electron chi connectivity index (χ3n) is 4.55. The van der Waals surface area contributed by atoms with Crippen LogP contribution in [0.25, 0.3) is 0 Å². The number of para-hydroxylation sites is 1. The number of nitrogens with one attached hydrogen (secondary N) is 2. The molecule has 0 heterocycles. The van der Waals surface area contributed by atoms with E-state index in [1.54, 1.807) is 37.4 Å². The van der Waals surface area contributed by atoms with Crippen molar-refractivity contribution in [1.82, 2.24) is 0 Å². The highest BCUT2D eigenvalue weighted by Gasteiger charge is 2.17. The first-order chi connectivity index (χ1) is 14.2. The van der Waals surface area contributed by atoms with Gasteiger partial charge in [0.05, 0.1) is 22.2 Å². The van der Waals surface area contributed by atoms with Crippen molar-refractivity contribution in [3.63, 3.8) is 0 Å². The second-order valence-electron chi connectivity index (χ2n) is 6.70. The normalized spacial score (nSPS) is 11.1. The van der Waals surface area contributed by atoms with E-state index in [0.29, 0.717) is 27.2 Å². The molecular weight excluding hydrogens is 468 g/mol. The Balaban J connectivity index is 1.76. The Morgan fingerprint density at radius 2 is 1.60 bits per heavy atom. The van der Waals surface area contributed by atoms with Crippen molar-refractivity contribution in [2.75, 3.05) is 17.1 Å². The van der Waals surface area contributed by atoms with E-state index in [9.17, 15) is 13.2 Å². The van der Waals surface area contributed by atoms with Crippen LogP contribution in [-0.2, 0) is 10.0 Å². The Kier molecular flexibility index (Phi) is 6.48. The Morgan fingerprint density at radius 3 is 2.17 bits per heavy atom. The smallest absolute Gasteiger partial charge is 0.261 e. The first kappa shape index (κ1) is 21.9. The summed E-state index contributed by atoms with van der Waals surface area (Å²) >= 11 is 3.35. The fraction of sp³-hybridized carbons (Fsp3) is 0.136. The Bertz CT molecular complexity index is 1170. The molecule has 3 rings (SSSR count). The molecule has 3 aromatic carbocycles. The SMILES string of the molecule is COc1ccc(C(=O)Nc2ccc(S(=O)(=O)Nc3c(C)cccc3C)cc2)cc1Br. The molecular formula is C22H21BrN2O4S. The Labute approximate surface area is 184 Å². The van der Waals surface area contributed by atoms with E-state index in [-0.39, 0.29) is 10.8 Å². The third-order valence-corrected chi connectivity index (χ3v) is 6.54. The average Bonchev–Trinajstić information content (AvgIpc) is 2.71. The molecule has 0 saturated heterocycles. The van der Waals surface area contributed by atoms with Gasteiger partial charge in [0.2, 0.25) is 0 Å². The number of aryl methyl sites for hydroxylation is 2. The number of hydrogen-bond donors (Lipinski definition) is 2. The van der Waals surface area contributed by atoms with Gasteiger partial charge in [0, 0.05) is 11.3 Å². The molecule has 8 heteroatoms. The van der Waals surface area contributed by atoms with Gasteiger partial charge < -0.3 is 10.1 Å². The van der Waals surface area contributed by atoms with E-state index in [1.807, 2.05) is 32.0 Å². The number of hydrogen-bond acceptors (Lipinski definition) is 4. The second-order valence-corrected chi connectivity index (χ2v) is 9.24. The molecule has 0 bridgehead atoms. The molecule has 6 nitrogen and oxygen atoms in total. The summed E-state index contributed by atoms with van der Waals surface area (Å²) < 4.78 is 34.0. The molecule has 0 spiro atoms. The Morgan fingerprint density at radius 1 is 0.967 bits per heavy atom. The zero-order valence-corrected chi connectivity index (χ0v) is 19.1. The van der Waals surface area contributed by atoms with Crippen LogP contribution >= 0.6 is 15.9 Å². The highest BCUT2D eigenvalue weighted by atomic mass is 79.9. The summed E-state index contributed by atoms with van der Waals surface area (Å²) in [5, 5.41) is 2.75. The first-order valence-corrected chi connectivity index (χ1v) is 11.3. The van der Waals surface area contributed by atoms with E-state index in [1.165, 1.54) is 12.1 Å². The lowest BCUT2D eigenvalue weighted by Gasteiger charge is -2.13. The predicted octanol–water partition coefficient (Wildman–Crippen LogP) is 5.13. The lowest BCUT2D eigenvalue weighted by molar-refractivity contribution is 0.102. The minimum atomic E-state index is -3.75. The lowest BCUT2D eigenvalue weighted by atomic mass is 10.1. The maximum absolute atomic E-state index is 12.7. The quantitative estimate of drug-likeness (QED) is 0.503. The molecule has 0 atom stereocenters. The van der Waals surface area contributed by atoms with Crippen LogP contribution in [0.15, 0.2) is 70.0 Å². The minimum Gasteiger partial charge on any atom is -0.496 e. The highest BCUT2D eigenvalue weighted by Crippen LogP contribution is 2.27. The maximum Gasteiger partial charge on any atom is 0.261 e. The monoisotopic (exact) mass is 488 g/mol. The van der Waals surface area contributed by atoms with Gasteiger partial charge in [-0.1, -0.05) is 18.2 Å². The van der Waals surface area contributed by atoms with Crippen molar-refractivity contribution < 1.29 is 17.9 Å². The van der Waals surface area contributed by atoms with Gasteiger partial charge in [-0.15, -0.1) is 0 Å². The lowest BCUT2D eigenvalue weighted by Crippen LogP contribution is -2.15. The fourth-order valence-corrected chi connectivity index (χ4v) is 4.64. The predicted molar refractivity (Wildman–Crippen MR) is 122 cm³/mol. The van der Waals surface area contributed by atoms with Crippen LogP contribution in [0.3, 0.4) is 0 Å². The minimum absolute atomic E-state index is 0.107. The van der Waals surface area contributed by atoms with Crippen molar-refractivity contribution >= 4 is 43.2 Å². The van der Waals surface area contributed by atoms with Crippen LogP contribution in [0.5, 0.6) is 5.75 Å². The van der Waals surface area contributed by atoms with Crippen LogP contribution in [-0.4, -0.2) is 21.4 Å². The van der Waals surface area contributed by atoms with Crippen molar-refractivity contribution in [2.45, 2.75) is 18.7 Å². The molecule has 3 aromatic rings. The van der Waals surface area contributed by atoms with E-state index in [4.69, 9.17) is 4.74 Å². The first-order valence-electron chi connectivity index (χ1n) is 9.05. The molecule has 156 valence electrons. The van der Waals surface area contributed by atoms with Gasteiger partial charge in [-0.25, -0.2) is 8.42 Å². The summed E-state index contributed by atoms with van der Waals surface area (Å²) in [6, 6.07) is 16.6.